The number of carbonyl (C=O) groups is 1. The van der Waals surface area contributed by atoms with Crippen molar-refractivity contribution in [2.75, 3.05) is 5.75 Å². The summed E-state index contributed by atoms with van der Waals surface area (Å²) in [5.41, 5.74) is 2.69. The minimum absolute atomic E-state index is 0.102. The number of aromatic nitrogens is 2. The molecule has 8 heteroatoms. The Bertz CT molecular complexity index is 1370. The first kappa shape index (κ1) is 22.4. The highest BCUT2D eigenvalue weighted by Crippen LogP contribution is 2.26. The van der Waals surface area contributed by atoms with E-state index in [1.807, 2.05) is 31.2 Å². The largest absolute Gasteiger partial charge is 0.351 e. The molecule has 4 aromatic rings. The number of carbonyl (C=O) groups excluding carboxylic acids is 1. The highest BCUT2D eigenvalue weighted by atomic mass is 35.5. The van der Waals surface area contributed by atoms with Crippen LogP contribution in [-0.4, -0.2) is 21.2 Å². The summed E-state index contributed by atoms with van der Waals surface area (Å²) in [5, 5.41) is 4.97. The van der Waals surface area contributed by atoms with Crippen molar-refractivity contribution in [2.45, 2.75) is 18.6 Å². The zero-order valence-electron chi connectivity index (χ0n) is 17.1. The molecule has 0 aliphatic rings. The molecule has 1 amide bonds. The second kappa shape index (κ2) is 9.77. The van der Waals surface area contributed by atoms with Crippen LogP contribution in [0.4, 0.5) is 0 Å². The van der Waals surface area contributed by atoms with Gasteiger partial charge in [-0.1, -0.05) is 65.3 Å². The summed E-state index contributed by atoms with van der Waals surface area (Å²) < 4.78 is 1.53. The standard InChI is InChI=1S/C24H19Cl2N3O2S/c1-15-19(26)9-5-11-21(15)29-23(31)18-8-2-3-10-20(18)28-24(29)32-14-22(30)27-13-16-6-4-7-17(25)12-16/h2-12H,13-14H2,1H3,(H,27,30). The number of nitrogens with zero attached hydrogens (tertiary/aromatic N) is 2. The molecule has 5 nitrogen and oxygen atoms in total. The molecule has 0 bridgehead atoms. The van der Waals surface area contributed by atoms with E-state index in [0.717, 1.165) is 11.1 Å². The fourth-order valence-corrected chi connectivity index (χ4v) is 4.51. The van der Waals surface area contributed by atoms with Gasteiger partial charge >= 0.3 is 0 Å². The van der Waals surface area contributed by atoms with Crippen molar-refractivity contribution in [1.29, 1.82) is 0 Å². The van der Waals surface area contributed by atoms with Gasteiger partial charge in [0.2, 0.25) is 5.91 Å². The Morgan fingerprint density at radius 3 is 2.66 bits per heavy atom. The minimum Gasteiger partial charge on any atom is -0.351 e. The topological polar surface area (TPSA) is 64.0 Å². The van der Waals surface area contributed by atoms with E-state index in [-0.39, 0.29) is 17.2 Å². The second-order valence-electron chi connectivity index (χ2n) is 7.13. The average Bonchev–Trinajstić information content (AvgIpc) is 2.79. The number of benzene rings is 3. The lowest BCUT2D eigenvalue weighted by Gasteiger charge is -2.15. The molecule has 0 spiro atoms. The monoisotopic (exact) mass is 483 g/mol. The maximum absolute atomic E-state index is 13.4. The first-order chi connectivity index (χ1) is 15.4. The number of hydrogen-bond donors (Lipinski definition) is 1. The first-order valence-electron chi connectivity index (χ1n) is 9.85. The summed E-state index contributed by atoms with van der Waals surface area (Å²) in [6, 6.07) is 19.9. The van der Waals surface area contributed by atoms with Crippen LogP contribution in [0, 0.1) is 6.92 Å². The molecule has 0 unspecified atom stereocenters. The molecule has 0 aliphatic carbocycles. The van der Waals surface area contributed by atoms with Gasteiger partial charge in [-0.05, 0) is 54.4 Å². The van der Waals surface area contributed by atoms with Crippen molar-refractivity contribution in [3.63, 3.8) is 0 Å². The summed E-state index contributed by atoms with van der Waals surface area (Å²) in [6.07, 6.45) is 0. The van der Waals surface area contributed by atoms with E-state index in [1.54, 1.807) is 42.5 Å². The number of halogens is 2. The van der Waals surface area contributed by atoms with Crippen LogP contribution in [0.25, 0.3) is 16.6 Å². The van der Waals surface area contributed by atoms with Gasteiger partial charge in [0, 0.05) is 16.6 Å². The molecule has 3 aromatic carbocycles. The van der Waals surface area contributed by atoms with Gasteiger partial charge in [-0.15, -0.1) is 0 Å². The van der Waals surface area contributed by atoms with Gasteiger partial charge in [-0.3, -0.25) is 14.2 Å². The number of amides is 1. The number of fused-ring (bicyclic) bond motifs is 1. The van der Waals surface area contributed by atoms with Gasteiger partial charge < -0.3 is 5.32 Å². The molecule has 0 aliphatic heterocycles. The Morgan fingerprint density at radius 1 is 1.06 bits per heavy atom. The summed E-state index contributed by atoms with van der Waals surface area (Å²) >= 11 is 13.5. The van der Waals surface area contributed by atoms with Crippen LogP contribution in [0.2, 0.25) is 10.0 Å². The summed E-state index contributed by atoms with van der Waals surface area (Å²) in [6.45, 7) is 2.22. The quantitative estimate of drug-likeness (QED) is 0.294. The van der Waals surface area contributed by atoms with Crippen LogP contribution in [0.15, 0.2) is 76.7 Å². The molecule has 0 radical (unpaired) electrons. The molecule has 0 atom stereocenters. The van der Waals surface area contributed by atoms with E-state index in [9.17, 15) is 9.59 Å². The highest BCUT2D eigenvalue weighted by Gasteiger charge is 2.17. The van der Waals surface area contributed by atoms with Crippen LogP contribution < -0.4 is 10.9 Å². The Kier molecular flexibility index (Phi) is 6.84. The third-order valence-electron chi connectivity index (χ3n) is 4.94. The molecule has 162 valence electrons. The third-order valence-corrected chi connectivity index (χ3v) is 6.52. The predicted octanol–water partition coefficient (Wildman–Crippen LogP) is 5.41. The van der Waals surface area contributed by atoms with Crippen LogP contribution in [0.5, 0.6) is 0 Å². The molecule has 1 aromatic heterocycles. The van der Waals surface area contributed by atoms with Crippen molar-refractivity contribution in [3.8, 4) is 5.69 Å². The molecule has 0 saturated heterocycles. The van der Waals surface area contributed by atoms with Crippen molar-refractivity contribution >= 4 is 51.8 Å². The molecular weight excluding hydrogens is 465 g/mol. The Hall–Kier alpha value is -2.80. The second-order valence-corrected chi connectivity index (χ2v) is 8.92. The van der Waals surface area contributed by atoms with E-state index in [0.29, 0.717) is 38.3 Å². The van der Waals surface area contributed by atoms with Gasteiger partial charge in [0.15, 0.2) is 5.16 Å². The Balaban J connectivity index is 1.63. The van der Waals surface area contributed by atoms with E-state index in [4.69, 9.17) is 23.2 Å². The van der Waals surface area contributed by atoms with E-state index < -0.39 is 0 Å². The molecule has 1 heterocycles. The van der Waals surface area contributed by atoms with Gasteiger partial charge in [0.25, 0.3) is 5.56 Å². The predicted molar refractivity (Wildman–Crippen MR) is 131 cm³/mol. The van der Waals surface area contributed by atoms with Gasteiger partial charge in [-0.25, -0.2) is 4.98 Å². The van der Waals surface area contributed by atoms with Crippen molar-refractivity contribution in [1.82, 2.24) is 14.9 Å². The van der Waals surface area contributed by atoms with Gasteiger partial charge in [0.1, 0.15) is 0 Å². The van der Waals surface area contributed by atoms with E-state index in [1.165, 1.54) is 16.3 Å². The smallest absolute Gasteiger partial charge is 0.266 e. The number of hydrogen-bond acceptors (Lipinski definition) is 4. The van der Waals surface area contributed by atoms with Gasteiger partial charge in [0.05, 0.1) is 22.3 Å². The molecule has 0 saturated carbocycles. The third kappa shape index (κ3) is 4.83. The fraction of sp³-hybridized carbons (Fsp3) is 0.125. The zero-order chi connectivity index (χ0) is 22.7. The van der Waals surface area contributed by atoms with Crippen LogP contribution in [-0.2, 0) is 11.3 Å². The van der Waals surface area contributed by atoms with Crippen molar-refractivity contribution in [3.05, 3.63) is 98.3 Å². The van der Waals surface area contributed by atoms with Gasteiger partial charge in [-0.2, -0.15) is 0 Å². The lowest BCUT2D eigenvalue weighted by Crippen LogP contribution is -2.26. The minimum atomic E-state index is -0.206. The van der Waals surface area contributed by atoms with Crippen LogP contribution in [0.1, 0.15) is 11.1 Å². The Labute approximate surface area is 199 Å². The normalized spacial score (nSPS) is 11.0. The SMILES string of the molecule is Cc1c(Cl)cccc1-n1c(SCC(=O)NCc2cccc(Cl)c2)nc2ccccc2c1=O. The highest BCUT2D eigenvalue weighted by molar-refractivity contribution is 7.99. The summed E-state index contributed by atoms with van der Waals surface area (Å²) in [5.74, 6) is -0.0722. The summed E-state index contributed by atoms with van der Waals surface area (Å²) in [7, 11) is 0. The molecule has 32 heavy (non-hydrogen) atoms. The van der Waals surface area contributed by atoms with Crippen molar-refractivity contribution in [2.24, 2.45) is 0 Å². The Morgan fingerprint density at radius 2 is 1.84 bits per heavy atom. The molecule has 0 fully saturated rings. The zero-order valence-corrected chi connectivity index (χ0v) is 19.5. The first-order valence-corrected chi connectivity index (χ1v) is 11.6. The van der Waals surface area contributed by atoms with Crippen LogP contribution in [0.3, 0.4) is 0 Å². The average molecular weight is 484 g/mol. The maximum atomic E-state index is 13.4. The molecule has 1 N–H and O–H groups in total. The fourth-order valence-electron chi connectivity index (χ4n) is 3.29. The lowest BCUT2D eigenvalue weighted by molar-refractivity contribution is -0.118. The molecule has 4 rings (SSSR count). The number of thioether (sulfide) groups is 1. The van der Waals surface area contributed by atoms with E-state index in [2.05, 4.69) is 10.3 Å². The van der Waals surface area contributed by atoms with Crippen molar-refractivity contribution < 1.29 is 4.79 Å². The summed E-state index contributed by atoms with van der Waals surface area (Å²) in [4.78, 5) is 30.5. The number of nitrogens with one attached hydrogen (secondary N) is 1. The van der Waals surface area contributed by atoms with Crippen LogP contribution >= 0.6 is 35.0 Å². The van der Waals surface area contributed by atoms with E-state index >= 15 is 0 Å². The maximum Gasteiger partial charge on any atom is 0.266 e. The molecular formula is C24H19Cl2N3O2S. The lowest BCUT2D eigenvalue weighted by atomic mass is 10.2. The number of rotatable bonds is 6. The number of para-hydroxylation sites is 1.